The minimum Gasteiger partial charge on any atom is -0.349 e. The van der Waals surface area contributed by atoms with Crippen LogP contribution < -0.4 is 5.32 Å². The monoisotopic (exact) mass is 275 g/mol. The van der Waals surface area contributed by atoms with Gasteiger partial charge in [-0.1, -0.05) is 65.2 Å². The lowest BCUT2D eigenvalue weighted by Gasteiger charge is -2.22. The third-order valence-electron chi connectivity index (χ3n) is 3.70. The largest absolute Gasteiger partial charge is 0.349 e. The number of carbonyl (C=O) groups is 1. The summed E-state index contributed by atoms with van der Waals surface area (Å²) in [7, 11) is 0. The molecule has 0 aliphatic carbocycles. The van der Waals surface area contributed by atoms with Gasteiger partial charge >= 0.3 is 0 Å². The molecule has 0 aliphatic heterocycles. The molecule has 0 radical (unpaired) electrons. The van der Waals surface area contributed by atoms with Crippen LogP contribution in [0.5, 0.6) is 0 Å². The summed E-state index contributed by atoms with van der Waals surface area (Å²) in [6.07, 6.45) is 4.79. The predicted molar refractivity (Wildman–Crippen MR) is 85.8 cm³/mol. The molecule has 0 spiro atoms. The normalized spacial score (nSPS) is 12.7. The summed E-state index contributed by atoms with van der Waals surface area (Å²) in [6.45, 7) is 8.88. The Morgan fingerprint density at radius 2 is 1.60 bits per heavy atom. The fraction of sp³-hybridized carbons (Fsp3) is 0.611. The summed E-state index contributed by atoms with van der Waals surface area (Å²) in [5.41, 5.74) is 0.750. The van der Waals surface area contributed by atoms with Crippen LogP contribution >= 0.6 is 0 Å². The van der Waals surface area contributed by atoms with Crippen LogP contribution in [0.15, 0.2) is 30.3 Å². The average molecular weight is 275 g/mol. The first-order chi connectivity index (χ1) is 9.50. The molecule has 0 fully saturated rings. The predicted octanol–water partition coefficient (Wildman–Crippen LogP) is 4.66. The first-order valence-electron chi connectivity index (χ1n) is 7.86. The molecule has 0 heterocycles. The van der Waals surface area contributed by atoms with E-state index < -0.39 is 0 Å². The van der Waals surface area contributed by atoms with E-state index in [4.69, 9.17) is 0 Å². The number of amides is 1. The van der Waals surface area contributed by atoms with Crippen molar-refractivity contribution >= 4 is 5.91 Å². The number of hydrogen-bond donors (Lipinski definition) is 1. The van der Waals surface area contributed by atoms with Gasteiger partial charge in [-0.3, -0.25) is 4.79 Å². The van der Waals surface area contributed by atoms with E-state index in [1.54, 1.807) is 0 Å². The van der Waals surface area contributed by atoms with Gasteiger partial charge in [-0.15, -0.1) is 0 Å². The Balaban J connectivity index is 2.44. The molecule has 112 valence electrons. The number of benzene rings is 1. The molecular formula is C18H29NO. The van der Waals surface area contributed by atoms with Crippen molar-refractivity contribution < 1.29 is 4.79 Å². The van der Waals surface area contributed by atoms with Crippen molar-refractivity contribution in [2.24, 2.45) is 11.8 Å². The van der Waals surface area contributed by atoms with Crippen LogP contribution in [-0.2, 0) is 0 Å². The van der Waals surface area contributed by atoms with Gasteiger partial charge in [0, 0.05) is 11.6 Å². The number of unbranched alkanes of at least 4 members (excludes halogenated alkanes) is 1. The maximum absolute atomic E-state index is 12.2. The third kappa shape index (κ3) is 6.23. The maximum atomic E-state index is 12.2. The SMILES string of the molecule is CC(C)CCCCC(NC(=O)c1ccccc1)C(C)C. The quantitative estimate of drug-likeness (QED) is 0.687. The maximum Gasteiger partial charge on any atom is 0.251 e. The summed E-state index contributed by atoms with van der Waals surface area (Å²) in [5.74, 6) is 1.29. The average Bonchev–Trinajstić information content (AvgIpc) is 2.42. The summed E-state index contributed by atoms with van der Waals surface area (Å²) >= 11 is 0. The van der Waals surface area contributed by atoms with Gasteiger partial charge in [0.15, 0.2) is 0 Å². The van der Waals surface area contributed by atoms with E-state index in [1.165, 1.54) is 19.3 Å². The Hall–Kier alpha value is -1.31. The molecule has 20 heavy (non-hydrogen) atoms. The van der Waals surface area contributed by atoms with Crippen molar-refractivity contribution in [2.75, 3.05) is 0 Å². The highest BCUT2D eigenvalue weighted by atomic mass is 16.1. The molecule has 0 saturated carbocycles. The van der Waals surface area contributed by atoms with Crippen LogP contribution in [0.1, 0.15) is 63.7 Å². The van der Waals surface area contributed by atoms with Crippen molar-refractivity contribution in [3.63, 3.8) is 0 Å². The molecule has 0 aliphatic rings. The van der Waals surface area contributed by atoms with Gasteiger partial charge in [0.05, 0.1) is 0 Å². The summed E-state index contributed by atoms with van der Waals surface area (Å²) in [6, 6.07) is 9.75. The van der Waals surface area contributed by atoms with Crippen LogP contribution in [0.4, 0.5) is 0 Å². The second-order valence-electron chi connectivity index (χ2n) is 6.37. The lowest BCUT2D eigenvalue weighted by atomic mass is 9.96. The topological polar surface area (TPSA) is 29.1 Å². The third-order valence-corrected chi connectivity index (χ3v) is 3.70. The van der Waals surface area contributed by atoms with E-state index in [2.05, 4.69) is 33.0 Å². The van der Waals surface area contributed by atoms with E-state index in [0.29, 0.717) is 5.92 Å². The molecule has 1 atom stereocenters. The highest BCUT2D eigenvalue weighted by Gasteiger charge is 2.16. The van der Waals surface area contributed by atoms with E-state index in [0.717, 1.165) is 17.9 Å². The van der Waals surface area contributed by atoms with Crippen LogP contribution in [0.3, 0.4) is 0 Å². The molecule has 0 bridgehead atoms. The fourth-order valence-electron chi connectivity index (χ4n) is 2.33. The van der Waals surface area contributed by atoms with Crippen molar-refractivity contribution in [3.8, 4) is 0 Å². The van der Waals surface area contributed by atoms with Crippen LogP contribution in [-0.4, -0.2) is 11.9 Å². The fourth-order valence-corrected chi connectivity index (χ4v) is 2.33. The smallest absolute Gasteiger partial charge is 0.251 e. The zero-order valence-electron chi connectivity index (χ0n) is 13.4. The number of hydrogen-bond acceptors (Lipinski definition) is 1. The Morgan fingerprint density at radius 1 is 1.00 bits per heavy atom. The zero-order valence-corrected chi connectivity index (χ0v) is 13.4. The van der Waals surface area contributed by atoms with E-state index in [1.807, 2.05) is 30.3 Å². The number of carbonyl (C=O) groups excluding carboxylic acids is 1. The van der Waals surface area contributed by atoms with Gasteiger partial charge in [0.25, 0.3) is 5.91 Å². The molecule has 2 heteroatoms. The molecule has 1 rings (SSSR count). The Morgan fingerprint density at radius 3 is 2.15 bits per heavy atom. The number of rotatable bonds is 8. The standard InChI is InChI=1S/C18H29NO/c1-14(2)10-8-9-13-17(15(3)4)19-18(20)16-11-6-5-7-12-16/h5-7,11-12,14-15,17H,8-10,13H2,1-4H3,(H,19,20). The van der Waals surface area contributed by atoms with Crippen LogP contribution in [0.25, 0.3) is 0 Å². The van der Waals surface area contributed by atoms with Gasteiger partial charge < -0.3 is 5.32 Å². The van der Waals surface area contributed by atoms with Gasteiger partial charge in [-0.2, -0.15) is 0 Å². The Bertz CT molecular complexity index is 384. The second kappa shape index (κ2) is 8.78. The van der Waals surface area contributed by atoms with Gasteiger partial charge in [-0.05, 0) is 30.4 Å². The van der Waals surface area contributed by atoms with Crippen molar-refractivity contribution in [3.05, 3.63) is 35.9 Å². The van der Waals surface area contributed by atoms with Gasteiger partial charge in [-0.25, -0.2) is 0 Å². The molecular weight excluding hydrogens is 246 g/mol. The van der Waals surface area contributed by atoms with Gasteiger partial charge in [0.2, 0.25) is 0 Å². The van der Waals surface area contributed by atoms with Crippen molar-refractivity contribution in [1.29, 1.82) is 0 Å². The molecule has 1 amide bonds. The molecule has 0 saturated heterocycles. The lowest BCUT2D eigenvalue weighted by Crippen LogP contribution is -2.38. The first-order valence-corrected chi connectivity index (χ1v) is 7.86. The Kier molecular flexibility index (Phi) is 7.35. The molecule has 1 aromatic carbocycles. The summed E-state index contributed by atoms with van der Waals surface area (Å²) in [5, 5.41) is 3.18. The highest BCUT2D eigenvalue weighted by Crippen LogP contribution is 2.14. The van der Waals surface area contributed by atoms with Crippen LogP contribution in [0.2, 0.25) is 0 Å². The van der Waals surface area contributed by atoms with Crippen molar-refractivity contribution in [2.45, 2.75) is 59.4 Å². The molecule has 1 N–H and O–H groups in total. The summed E-state index contributed by atoms with van der Waals surface area (Å²) < 4.78 is 0. The van der Waals surface area contributed by atoms with E-state index >= 15 is 0 Å². The first kappa shape index (κ1) is 16.7. The Labute approximate surface area is 124 Å². The minimum atomic E-state index is 0.0492. The van der Waals surface area contributed by atoms with Crippen LogP contribution in [0, 0.1) is 11.8 Å². The highest BCUT2D eigenvalue weighted by molar-refractivity contribution is 5.94. The summed E-state index contributed by atoms with van der Waals surface area (Å²) in [4.78, 5) is 12.2. The second-order valence-corrected chi connectivity index (χ2v) is 6.37. The lowest BCUT2D eigenvalue weighted by molar-refractivity contribution is 0.0922. The molecule has 1 aromatic rings. The molecule has 0 aromatic heterocycles. The van der Waals surface area contributed by atoms with Gasteiger partial charge in [0.1, 0.15) is 0 Å². The molecule has 1 unspecified atom stereocenters. The van der Waals surface area contributed by atoms with E-state index in [9.17, 15) is 4.79 Å². The zero-order chi connectivity index (χ0) is 15.0. The number of nitrogens with one attached hydrogen (secondary N) is 1. The molecule has 2 nitrogen and oxygen atoms in total. The minimum absolute atomic E-state index is 0.0492. The van der Waals surface area contributed by atoms with Crippen molar-refractivity contribution in [1.82, 2.24) is 5.32 Å². The van der Waals surface area contributed by atoms with E-state index in [-0.39, 0.29) is 11.9 Å².